The van der Waals surface area contributed by atoms with E-state index in [-0.39, 0.29) is 5.92 Å². The van der Waals surface area contributed by atoms with Gasteiger partial charge in [0.2, 0.25) is 6.17 Å². The second-order valence-electron chi connectivity index (χ2n) is 2.92. The van der Waals surface area contributed by atoms with Crippen LogP contribution in [0.5, 0.6) is 0 Å². The molecule has 1 aliphatic rings. The topological polar surface area (TPSA) is 52.9 Å². The fourth-order valence-electron chi connectivity index (χ4n) is 1.38. The summed E-state index contributed by atoms with van der Waals surface area (Å²) in [6.45, 7) is 1.49. The Morgan fingerprint density at radius 3 is 2.67 bits per heavy atom. The van der Waals surface area contributed by atoms with Crippen LogP contribution in [0.2, 0.25) is 0 Å². The Morgan fingerprint density at radius 1 is 1.58 bits per heavy atom. The number of Topliss-reactive ketones (excluding diaryl/α,β-unsaturated/α-hetero) is 1. The van der Waals surface area contributed by atoms with E-state index in [4.69, 9.17) is 5.26 Å². The average molecular weight is 170 g/mol. The van der Waals surface area contributed by atoms with Crippen molar-refractivity contribution in [3.8, 4) is 6.07 Å². The molecule has 0 aliphatic carbocycles. The molecule has 0 aromatic rings. The highest BCUT2D eigenvalue weighted by molar-refractivity contribution is 5.87. The zero-order chi connectivity index (χ0) is 8.97. The first-order valence-corrected chi connectivity index (χ1v) is 4.04. The van der Waals surface area contributed by atoms with Gasteiger partial charge in [-0.2, -0.15) is 5.26 Å². The lowest BCUT2D eigenvalue weighted by molar-refractivity contribution is -0.126. The maximum Gasteiger partial charge on any atom is 0.243 e. The maximum absolute atomic E-state index is 12.6. The van der Waals surface area contributed by atoms with Gasteiger partial charge in [0.1, 0.15) is 6.07 Å². The van der Waals surface area contributed by atoms with Crippen molar-refractivity contribution in [1.82, 2.24) is 5.32 Å². The Morgan fingerprint density at radius 2 is 2.17 bits per heavy atom. The monoisotopic (exact) mass is 170 g/mol. The molecule has 0 saturated carbocycles. The van der Waals surface area contributed by atoms with Crippen LogP contribution in [-0.2, 0) is 4.79 Å². The summed E-state index contributed by atoms with van der Waals surface area (Å²) in [6.07, 6.45) is -0.616. The van der Waals surface area contributed by atoms with E-state index in [1.165, 1.54) is 6.07 Å². The Kier molecular flexibility index (Phi) is 3.18. The second kappa shape index (κ2) is 4.17. The second-order valence-corrected chi connectivity index (χ2v) is 2.92. The van der Waals surface area contributed by atoms with Gasteiger partial charge in [0, 0.05) is 5.92 Å². The van der Waals surface area contributed by atoms with Crippen molar-refractivity contribution in [3.63, 3.8) is 0 Å². The number of nitrogens with one attached hydrogen (secondary N) is 1. The van der Waals surface area contributed by atoms with E-state index < -0.39 is 12.0 Å². The number of hydrogen-bond acceptors (Lipinski definition) is 3. The van der Waals surface area contributed by atoms with E-state index in [0.29, 0.717) is 12.8 Å². The lowest BCUT2D eigenvalue weighted by atomic mass is 9.91. The molecule has 1 heterocycles. The van der Waals surface area contributed by atoms with Gasteiger partial charge < -0.3 is 5.32 Å². The van der Waals surface area contributed by atoms with E-state index >= 15 is 0 Å². The number of nitrogens with zero attached hydrogens (tertiary/aromatic N) is 1. The Labute approximate surface area is 70.6 Å². The molecule has 1 rings (SSSR count). The van der Waals surface area contributed by atoms with Crippen LogP contribution in [0.3, 0.4) is 0 Å². The van der Waals surface area contributed by atoms with Crippen molar-refractivity contribution in [2.24, 2.45) is 5.92 Å². The average Bonchev–Trinajstić information content (AvgIpc) is 2.17. The highest BCUT2D eigenvalue weighted by Gasteiger charge is 2.27. The zero-order valence-corrected chi connectivity index (χ0v) is 6.72. The number of ketones is 1. The summed E-state index contributed by atoms with van der Waals surface area (Å²) < 4.78 is 12.6. The SMILES string of the molecule is N#CC(F)C(=O)C1CCNCC1. The Bertz CT molecular complexity index is 206. The van der Waals surface area contributed by atoms with Gasteiger partial charge in [-0.25, -0.2) is 4.39 Å². The van der Waals surface area contributed by atoms with Gasteiger partial charge in [-0.1, -0.05) is 0 Å². The third-order valence-electron chi connectivity index (χ3n) is 2.10. The van der Waals surface area contributed by atoms with Crippen LogP contribution >= 0.6 is 0 Å². The normalized spacial score (nSPS) is 21.3. The molecule has 0 aromatic carbocycles. The molecule has 0 bridgehead atoms. The Balaban J connectivity index is 2.46. The lowest BCUT2D eigenvalue weighted by Gasteiger charge is -2.20. The molecule has 0 amide bonds. The fraction of sp³-hybridized carbons (Fsp3) is 0.750. The summed E-state index contributed by atoms with van der Waals surface area (Å²) in [5, 5.41) is 11.2. The molecule has 4 heteroatoms. The van der Waals surface area contributed by atoms with Crippen LogP contribution in [0.1, 0.15) is 12.8 Å². The van der Waals surface area contributed by atoms with Gasteiger partial charge in [0.05, 0.1) is 0 Å². The molecule has 0 spiro atoms. The molecule has 1 saturated heterocycles. The van der Waals surface area contributed by atoms with Crippen molar-refractivity contribution in [1.29, 1.82) is 5.26 Å². The van der Waals surface area contributed by atoms with Crippen LogP contribution in [0.25, 0.3) is 0 Å². The number of alkyl halides is 1. The zero-order valence-electron chi connectivity index (χ0n) is 6.72. The minimum Gasteiger partial charge on any atom is -0.317 e. The highest BCUT2D eigenvalue weighted by Crippen LogP contribution is 2.15. The molecule has 1 atom stereocenters. The summed E-state index contributed by atoms with van der Waals surface area (Å²) in [7, 11) is 0. The van der Waals surface area contributed by atoms with Gasteiger partial charge in [-0.05, 0) is 25.9 Å². The number of piperidine rings is 1. The van der Waals surface area contributed by atoms with Gasteiger partial charge in [0.25, 0.3) is 0 Å². The molecular weight excluding hydrogens is 159 g/mol. The standard InChI is InChI=1S/C8H11FN2O/c9-7(5-10)8(12)6-1-3-11-4-2-6/h6-7,11H,1-4H2. The minimum absolute atomic E-state index is 0.249. The molecule has 1 N–H and O–H groups in total. The van der Waals surface area contributed by atoms with Crippen molar-refractivity contribution in [2.45, 2.75) is 19.0 Å². The first kappa shape index (κ1) is 9.14. The van der Waals surface area contributed by atoms with Crippen LogP contribution in [0.4, 0.5) is 4.39 Å². The third kappa shape index (κ3) is 2.02. The molecule has 1 aliphatic heterocycles. The van der Waals surface area contributed by atoms with Crippen LogP contribution in [0, 0.1) is 17.2 Å². The predicted octanol–water partition coefficient (Wildman–Crippen LogP) is 0.417. The quantitative estimate of drug-likeness (QED) is 0.653. The van der Waals surface area contributed by atoms with E-state index in [1.807, 2.05) is 0 Å². The largest absolute Gasteiger partial charge is 0.317 e. The number of carbonyl (C=O) groups excluding carboxylic acids is 1. The van der Waals surface area contributed by atoms with Crippen LogP contribution in [-0.4, -0.2) is 25.0 Å². The highest BCUT2D eigenvalue weighted by atomic mass is 19.1. The molecule has 3 nitrogen and oxygen atoms in total. The van der Waals surface area contributed by atoms with E-state index in [0.717, 1.165) is 13.1 Å². The number of nitriles is 1. The van der Waals surface area contributed by atoms with Gasteiger partial charge in [-0.15, -0.1) is 0 Å². The molecule has 66 valence electrons. The maximum atomic E-state index is 12.6. The number of carbonyl (C=O) groups is 1. The third-order valence-corrected chi connectivity index (χ3v) is 2.10. The summed E-state index contributed by atoms with van der Waals surface area (Å²) in [6, 6.07) is 1.33. The number of rotatable bonds is 2. The fourth-order valence-corrected chi connectivity index (χ4v) is 1.38. The summed E-state index contributed by atoms with van der Waals surface area (Å²) in [5.41, 5.74) is 0. The van der Waals surface area contributed by atoms with Crippen molar-refractivity contribution in [3.05, 3.63) is 0 Å². The number of halogens is 1. The van der Waals surface area contributed by atoms with Gasteiger partial charge in [0.15, 0.2) is 5.78 Å². The summed E-state index contributed by atoms with van der Waals surface area (Å²) in [4.78, 5) is 11.1. The summed E-state index contributed by atoms with van der Waals surface area (Å²) in [5.74, 6) is -0.792. The molecular formula is C8H11FN2O. The van der Waals surface area contributed by atoms with Gasteiger partial charge >= 0.3 is 0 Å². The first-order valence-electron chi connectivity index (χ1n) is 4.04. The lowest BCUT2D eigenvalue weighted by Crippen LogP contribution is -2.34. The van der Waals surface area contributed by atoms with E-state index in [9.17, 15) is 9.18 Å². The van der Waals surface area contributed by atoms with Gasteiger partial charge in [-0.3, -0.25) is 4.79 Å². The van der Waals surface area contributed by atoms with Crippen molar-refractivity contribution >= 4 is 5.78 Å². The molecule has 12 heavy (non-hydrogen) atoms. The number of hydrogen-bond donors (Lipinski definition) is 1. The molecule has 1 unspecified atom stereocenters. The first-order chi connectivity index (χ1) is 5.75. The van der Waals surface area contributed by atoms with E-state index in [1.54, 1.807) is 0 Å². The Hall–Kier alpha value is -0.950. The predicted molar refractivity (Wildman–Crippen MR) is 41.1 cm³/mol. The van der Waals surface area contributed by atoms with Crippen LogP contribution in [0.15, 0.2) is 0 Å². The smallest absolute Gasteiger partial charge is 0.243 e. The molecule has 1 fully saturated rings. The summed E-state index contributed by atoms with van der Waals surface area (Å²) >= 11 is 0. The van der Waals surface area contributed by atoms with Crippen molar-refractivity contribution in [2.75, 3.05) is 13.1 Å². The van der Waals surface area contributed by atoms with Crippen molar-refractivity contribution < 1.29 is 9.18 Å². The minimum atomic E-state index is -1.92. The van der Waals surface area contributed by atoms with Crippen LogP contribution < -0.4 is 5.32 Å². The van der Waals surface area contributed by atoms with E-state index in [2.05, 4.69) is 5.32 Å². The molecule has 0 aromatic heterocycles. The molecule has 0 radical (unpaired) electrons.